The maximum absolute atomic E-state index is 12.3. The van der Waals surface area contributed by atoms with Gasteiger partial charge >= 0.3 is 6.18 Å². The highest BCUT2D eigenvalue weighted by Crippen LogP contribution is 2.17. The summed E-state index contributed by atoms with van der Waals surface area (Å²) in [6.07, 6.45) is -4.38. The molecule has 0 aliphatic rings. The fourth-order valence-electron chi connectivity index (χ4n) is 1.49. The van der Waals surface area contributed by atoms with E-state index in [1.807, 2.05) is 0 Å². The Kier molecular flexibility index (Phi) is 5.65. The fraction of sp³-hybridized carbons (Fsp3) is 0.417. The van der Waals surface area contributed by atoms with E-state index in [4.69, 9.17) is 0 Å². The van der Waals surface area contributed by atoms with E-state index in [0.29, 0.717) is 10.9 Å². The first kappa shape index (κ1) is 15.0. The van der Waals surface area contributed by atoms with Crippen molar-refractivity contribution in [3.8, 4) is 0 Å². The first-order valence-corrected chi connectivity index (χ1v) is 6.49. The van der Waals surface area contributed by atoms with Crippen molar-refractivity contribution in [2.75, 3.05) is 18.4 Å². The van der Waals surface area contributed by atoms with Gasteiger partial charge in [-0.2, -0.15) is 13.2 Å². The van der Waals surface area contributed by atoms with Crippen LogP contribution >= 0.6 is 15.9 Å². The summed E-state index contributed by atoms with van der Waals surface area (Å²) in [5.41, 5.74) is 0.712. The number of amides is 1. The van der Waals surface area contributed by atoms with Crippen LogP contribution in [0.5, 0.6) is 0 Å². The molecule has 0 atom stereocenters. The number of hydrogen-bond donors (Lipinski definition) is 0. The molecule has 1 aromatic carbocycles. The van der Waals surface area contributed by atoms with Crippen molar-refractivity contribution in [1.82, 2.24) is 4.90 Å². The molecule has 0 unspecified atom stereocenters. The lowest BCUT2D eigenvalue weighted by Gasteiger charge is -2.23. The summed E-state index contributed by atoms with van der Waals surface area (Å²) in [6, 6.07) is 8.73. The Morgan fingerprint density at radius 1 is 1.22 bits per heavy atom. The first-order valence-electron chi connectivity index (χ1n) is 5.37. The third-order valence-electron chi connectivity index (χ3n) is 2.28. The average Bonchev–Trinajstić information content (AvgIpc) is 2.28. The van der Waals surface area contributed by atoms with Gasteiger partial charge in [0.05, 0.1) is 6.42 Å². The molecular formula is C12H13BrF3NO. The van der Waals surface area contributed by atoms with Crippen LogP contribution in [-0.4, -0.2) is 35.4 Å². The number of carbonyl (C=O) groups excluding carboxylic acids is 1. The Morgan fingerprint density at radius 2 is 1.83 bits per heavy atom. The molecule has 2 nitrogen and oxygen atoms in total. The zero-order chi connectivity index (χ0) is 13.6. The van der Waals surface area contributed by atoms with Gasteiger partial charge in [0.1, 0.15) is 6.54 Å². The minimum atomic E-state index is -4.37. The molecule has 0 aliphatic heterocycles. The Bertz CT molecular complexity index is 381. The van der Waals surface area contributed by atoms with Crippen LogP contribution in [0.25, 0.3) is 0 Å². The Balaban J connectivity index is 2.65. The minimum Gasteiger partial charge on any atom is -0.332 e. The van der Waals surface area contributed by atoms with Crippen LogP contribution in [0.1, 0.15) is 5.56 Å². The smallest absolute Gasteiger partial charge is 0.332 e. The van der Waals surface area contributed by atoms with Crippen LogP contribution in [0.4, 0.5) is 13.2 Å². The third kappa shape index (κ3) is 5.53. The fourth-order valence-corrected chi connectivity index (χ4v) is 1.92. The molecule has 1 rings (SSSR count). The van der Waals surface area contributed by atoms with Gasteiger partial charge in [-0.25, -0.2) is 0 Å². The molecule has 0 radical (unpaired) electrons. The summed E-state index contributed by atoms with van der Waals surface area (Å²) >= 11 is 3.05. The molecule has 1 amide bonds. The number of carbonyl (C=O) groups is 1. The summed E-state index contributed by atoms with van der Waals surface area (Å²) in [4.78, 5) is 12.6. The van der Waals surface area contributed by atoms with Crippen LogP contribution in [0, 0.1) is 0 Å². The number of benzene rings is 1. The first-order chi connectivity index (χ1) is 8.42. The maximum atomic E-state index is 12.3. The lowest BCUT2D eigenvalue weighted by Crippen LogP contribution is -2.40. The topological polar surface area (TPSA) is 20.3 Å². The Labute approximate surface area is 112 Å². The second-order valence-corrected chi connectivity index (χ2v) is 4.57. The number of nitrogens with zero attached hydrogens (tertiary/aromatic N) is 1. The van der Waals surface area contributed by atoms with Crippen LogP contribution in [0.15, 0.2) is 30.3 Å². The molecule has 0 saturated heterocycles. The van der Waals surface area contributed by atoms with Gasteiger partial charge in [-0.15, -0.1) is 0 Å². The summed E-state index contributed by atoms with van der Waals surface area (Å²) in [5.74, 6) is -0.516. The molecule has 18 heavy (non-hydrogen) atoms. The zero-order valence-electron chi connectivity index (χ0n) is 9.58. The highest BCUT2D eigenvalue weighted by Gasteiger charge is 2.32. The van der Waals surface area contributed by atoms with E-state index in [-0.39, 0.29) is 13.0 Å². The molecular weight excluding hydrogens is 311 g/mol. The molecule has 0 fully saturated rings. The van der Waals surface area contributed by atoms with Crippen molar-refractivity contribution in [2.45, 2.75) is 12.6 Å². The van der Waals surface area contributed by atoms with Gasteiger partial charge in [0.25, 0.3) is 0 Å². The van der Waals surface area contributed by atoms with Gasteiger partial charge in [-0.1, -0.05) is 46.3 Å². The second kappa shape index (κ2) is 6.78. The van der Waals surface area contributed by atoms with Crippen molar-refractivity contribution in [1.29, 1.82) is 0 Å². The normalized spacial score (nSPS) is 11.3. The van der Waals surface area contributed by atoms with E-state index in [1.165, 1.54) is 0 Å². The largest absolute Gasteiger partial charge is 0.406 e. The zero-order valence-corrected chi connectivity index (χ0v) is 11.2. The number of halogens is 4. The van der Waals surface area contributed by atoms with Crippen molar-refractivity contribution in [2.24, 2.45) is 0 Å². The third-order valence-corrected chi connectivity index (χ3v) is 2.63. The molecule has 0 aliphatic carbocycles. The van der Waals surface area contributed by atoms with E-state index < -0.39 is 18.6 Å². The second-order valence-electron chi connectivity index (χ2n) is 3.78. The van der Waals surface area contributed by atoms with Gasteiger partial charge in [-0.3, -0.25) is 4.79 Å². The predicted molar refractivity (Wildman–Crippen MR) is 66.6 cm³/mol. The van der Waals surface area contributed by atoms with Gasteiger partial charge in [0.2, 0.25) is 5.91 Å². The highest BCUT2D eigenvalue weighted by molar-refractivity contribution is 9.09. The van der Waals surface area contributed by atoms with Crippen molar-refractivity contribution < 1.29 is 18.0 Å². The van der Waals surface area contributed by atoms with Crippen LogP contribution in [0.2, 0.25) is 0 Å². The molecule has 0 aromatic heterocycles. The summed E-state index contributed by atoms with van der Waals surface area (Å²) < 4.78 is 37.0. The minimum absolute atomic E-state index is 0.0100. The molecule has 100 valence electrons. The van der Waals surface area contributed by atoms with Gasteiger partial charge < -0.3 is 4.90 Å². The summed E-state index contributed by atoms with van der Waals surface area (Å²) in [7, 11) is 0. The molecule has 6 heteroatoms. The predicted octanol–water partition coefficient (Wildman–Crippen LogP) is 3.01. The summed E-state index contributed by atoms with van der Waals surface area (Å²) in [6.45, 7) is -1.16. The highest BCUT2D eigenvalue weighted by atomic mass is 79.9. The monoisotopic (exact) mass is 323 g/mol. The SMILES string of the molecule is O=C(Cc1ccccc1)N(CCBr)CC(F)(F)F. The van der Waals surface area contributed by atoms with E-state index in [1.54, 1.807) is 30.3 Å². The Morgan fingerprint density at radius 3 is 2.33 bits per heavy atom. The van der Waals surface area contributed by atoms with E-state index in [0.717, 1.165) is 4.90 Å². The molecule has 0 N–H and O–H groups in total. The standard InChI is InChI=1S/C12H13BrF3NO/c13-6-7-17(9-12(14,15)16)11(18)8-10-4-2-1-3-5-10/h1-5H,6-9H2. The molecule has 0 saturated carbocycles. The molecule has 1 aromatic rings. The lowest BCUT2D eigenvalue weighted by molar-refractivity contribution is -0.160. The van der Waals surface area contributed by atoms with Crippen molar-refractivity contribution >= 4 is 21.8 Å². The quantitative estimate of drug-likeness (QED) is 0.763. The molecule has 0 heterocycles. The van der Waals surface area contributed by atoms with Crippen molar-refractivity contribution in [3.05, 3.63) is 35.9 Å². The van der Waals surface area contributed by atoms with E-state index >= 15 is 0 Å². The number of hydrogen-bond acceptors (Lipinski definition) is 1. The van der Waals surface area contributed by atoms with E-state index in [9.17, 15) is 18.0 Å². The van der Waals surface area contributed by atoms with Crippen molar-refractivity contribution in [3.63, 3.8) is 0 Å². The average molecular weight is 324 g/mol. The lowest BCUT2D eigenvalue weighted by atomic mass is 10.1. The number of alkyl halides is 4. The van der Waals surface area contributed by atoms with Gasteiger partial charge in [0.15, 0.2) is 0 Å². The van der Waals surface area contributed by atoms with Gasteiger partial charge in [0, 0.05) is 11.9 Å². The molecule has 0 spiro atoms. The maximum Gasteiger partial charge on any atom is 0.406 e. The number of rotatable bonds is 5. The van der Waals surface area contributed by atoms with Crippen LogP contribution in [-0.2, 0) is 11.2 Å². The molecule has 0 bridgehead atoms. The van der Waals surface area contributed by atoms with Gasteiger partial charge in [-0.05, 0) is 5.56 Å². The van der Waals surface area contributed by atoms with Crippen LogP contribution in [0.3, 0.4) is 0 Å². The Hall–Kier alpha value is -1.04. The van der Waals surface area contributed by atoms with Crippen LogP contribution < -0.4 is 0 Å². The summed E-state index contributed by atoms with van der Waals surface area (Å²) in [5, 5.41) is 0.323. The van der Waals surface area contributed by atoms with E-state index in [2.05, 4.69) is 15.9 Å².